The van der Waals surface area contributed by atoms with E-state index < -0.39 is 11.7 Å². The van der Waals surface area contributed by atoms with E-state index in [-0.39, 0.29) is 12.2 Å². The van der Waals surface area contributed by atoms with Gasteiger partial charge in [-0.15, -0.1) is 0 Å². The highest BCUT2D eigenvalue weighted by Gasteiger charge is 2.37. The van der Waals surface area contributed by atoms with E-state index in [0.717, 1.165) is 4.48 Å². The minimum atomic E-state index is -4.28. The Kier molecular flexibility index (Phi) is 3.05. The highest BCUT2D eigenvalue weighted by atomic mass is 79.9. The second-order valence-corrected chi connectivity index (χ2v) is 3.65. The molecule has 74 valence electrons. The Labute approximate surface area is 82.4 Å². The summed E-state index contributed by atoms with van der Waals surface area (Å²) in [5.41, 5.74) is -0.585. The Morgan fingerprint density at radius 1 is 1.38 bits per heavy atom. The van der Waals surface area contributed by atoms with Crippen LogP contribution >= 0.6 is 15.9 Å². The van der Waals surface area contributed by atoms with Crippen LogP contribution in [0, 0.1) is 0 Å². The first-order valence-corrected chi connectivity index (χ1v) is 4.45. The van der Waals surface area contributed by atoms with Gasteiger partial charge in [-0.1, -0.05) is 15.9 Å². The van der Waals surface area contributed by atoms with Crippen molar-refractivity contribution in [3.05, 3.63) is 21.9 Å². The summed E-state index contributed by atoms with van der Waals surface area (Å²) >= 11 is 3.14. The van der Waals surface area contributed by atoms with Crippen LogP contribution in [0.4, 0.5) is 13.2 Å². The van der Waals surface area contributed by atoms with E-state index in [4.69, 9.17) is 0 Å². The molecule has 0 saturated carbocycles. The van der Waals surface area contributed by atoms with E-state index in [0.29, 0.717) is 6.42 Å². The third kappa shape index (κ3) is 2.49. The van der Waals surface area contributed by atoms with Crippen LogP contribution in [-0.2, 0) is 4.74 Å². The van der Waals surface area contributed by atoms with Crippen LogP contribution < -0.4 is 0 Å². The summed E-state index contributed by atoms with van der Waals surface area (Å²) < 4.78 is 42.4. The van der Waals surface area contributed by atoms with Gasteiger partial charge in [-0.3, -0.25) is 0 Å². The number of allylic oxidation sites excluding steroid dienone is 3. The summed E-state index contributed by atoms with van der Waals surface area (Å²) in [5.74, 6) is -0.0920. The maximum absolute atomic E-state index is 12.3. The van der Waals surface area contributed by atoms with Gasteiger partial charge < -0.3 is 4.74 Å². The summed E-state index contributed by atoms with van der Waals surface area (Å²) in [5, 5.41) is 0. The smallest absolute Gasteiger partial charge is 0.416 e. The molecule has 0 spiro atoms. The van der Waals surface area contributed by atoms with Crippen molar-refractivity contribution in [2.75, 3.05) is 7.11 Å². The molecule has 5 heteroatoms. The molecule has 0 unspecified atom stereocenters. The average Bonchev–Trinajstić information content (AvgIpc) is 2.01. The quantitative estimate of drug-likeness (QED) is 0.698. The maximum atomic E-state index is 12.3. The molecule has 1 rings (SSSR count). The highest BCUT2D eigenvalue weighted by Crippen LogP contribution is 2.37. The van der Waals surface area contributed by atoms with Crippen LogP contribution in [0.2, 0.25) is 0 Å². The van der Waals surface area contributed by atoms with Crippen molar-refractivity contribution in [2.45, 2.75) is 19.0 Å². The first-order valence-electron chi connectivity index (χ1n) is 3.65. The summed E-state index contributed by atoms with van der Waals surface area (Å²) in [6.07, 6.45) is -2.56. The van der Waals surface area contributed by atoms with Crippen LogP contribution in [0.15, 0.2) is 21.9 Å². The minimum Gasteiger partial charge on any atom is -0.496 e. The highest BCUT2D eigenvalue weighted by molar-refractivity contribution is 9.11. The second-order valence-electron chi connectivity index (χ2n) is 2.64. The third-order valence-corrected chi connectivity index (χ3v) is 2.39. The number of halogens is 4. The summed E-state index contributed by atoms with van der Waals surface area (Å²) in [6, 6.07) is 0. The molecule has 0 amide bonds. The number of methoxy groups -OCH3 is 1. The van der Waals surface area contributed by atoms with E-state index in [1.165, 1.54) is 13.2 Å². The van der Waals surface area contributed by atoms with Crippen molar-refractivity contribution >= 4 is 15.9 Å². The Hall–Kier alpha value is -0.450. The predicted molar refractivity (Wildman–Crippen MR) is 46.3 cm³/mol. The number of hydrogen-bond donors (Lipinski definition) is 0. The monoisotopic (exact) mass is 256 g/mol. The predicted octanol–water partition coefficient (Wildman–Crippen LogP) is 3.52. The van der Waals surface area contributed by atoms with Crippen molar-refractivity contribution in [2.24, 2.45) is 0 Å². The molecule has 0 aromatic rings. The van der Waals surface area contributed by atoms with Crippen molar-refractivity contribution < 1.29 is 17.9 Å². The van der Waals surface area contributed by atoms with Crippen LogP contribution in [0.3, 0.4) is 0 Å². The van der Waals surface area contributed by atoms with Gasteiger partial charge in [0.1, 0.15) is 5.76 Å². The molecule has 0 aromatic carbocycles. The van der Waals surface area contributed by atoms with Crippen LogP contribution in [0.1, 0.15) is 12.8 Å². The molecule has 0 N–H and O–H groups in total. The molecule has 0 heterocycles. The first kappa shape index (κ1) is 10.6. The van der Waals surface area contributed by atoms with Crippen molar-refractivity contribution in [3.8, 4) is 0 Å². The van der Waals surface area contributed by atoms with Gasteiger partial charge in [0, 0.05) is 0 Å². The molecule has 0 fully saturated rings. The molecule has 0 atom stereocenters. The standard InChI is InChI=1S/C8H8BrF3O/c1-13-7-4-5(9)2-3-6(7)8(10,11)12/h4H,2-3H2,1H3. The minimum absolute atomic E-state index is 0.0241. The summed E-state index contributed by atoms with van der Waals surface area (Å²) in [7, 11) is 1.24. The van der Waals surface area contributed by atoms with Gasteiger partial charge >= 0.3 is 6.18 Å². The number of rotatable bonds is 1. The number of ether oxygens (including phenoxy) is 1. The first-order chi connectivity index (χ1) is 5.95. The maximum Gasteiger partial charge on any atom is 0.416 e. The number of alkyl halides is 3. The third-order valence-electron chi connectivity index (χ3n) is 1.76. The fraction of sp³-hybridized carbons (Fsp3) is 0.500. The van der Waals surface area contributed by atoms with E-state index in [2.05, 4.69) is 20.7 Å². The fourth-order valence-electron chi connectivity index (χ4n) is 1.13. The van der Waals surface area contributed by atoms with Crippen LogP contribution in [0.5, 0.6) is 0 Å². The molecule has 0 aliphatic heterocycles. The Morgan fingerprint density at radius 2 is 2.00 bits per heavy atom. The van der Waals surface area contributed by atoms with Crippen molar-refractivity contribution in [3.63, 3.8) is 0 Å². The van der Waals surface area contributed by atoms with Crippen LogP contribution in [-0.4, -0.2) is 13.3 Å². The van der Waals surface area contributed by atoms with Gasteiger partial charge in [0.15, 0.2) is 0 Å². The fourth-order valence-corrected chi connectivity index (χ4v) is 1.54. The van der Waals surface area contributed by atoms with Crippen molar-refractivity contribution in [1.29, 1.82) is 0 Å². The molecule has 0 aromatic heterocycles. The van der Waals surface area contributed by atoms with Crippen LogP contribution in [0.25, 0.3) is 0 Å². The lowest BCUT2D eigenvalue weighted by molar-refractivity contribution is -0.0971. The topological polar surface area (TPSA) is 9.23 Å². The molecule has 1 nitrogen and oxygen atoms in total. The summed E-state index contributed by atoms with van der Waals surface area (Å²) in [4.78, 5) is 0. The number of hydrogen-bond acceptors (Lipinski definition) is 1. The van der Waals surface area contributed by atoms with Gasteiger partial charge in [0.05, 0.1) is 12.7 Å². The largest absolute Gasteiger partial charge is 0.496 e. The van der Waals surface area contributed by atoms with E-state index in [1.807, 2.05) is 0 Å². The molecule has 1 aliphatic carbocycles. The normalized spacial score (nSPS) is 18.7. The molecular formula is C8H8BrF3O. The average molecular weight is 257 g/mol. The van der Waals surface area contributed by atoms with Gasteiger partial charge in [-0.2, -0.15) is 13.2 Å². The molecule has 0 bridgehead atoms. The molecule has 0 radical (unpaired) electrons. The lowest BCUT2D eigenvalue weighted by atomic mass is 10.0. The van der Waals surface area contributed by atoms with E-state index >= 15 is 0 Å². The van der Waals surface area contributed by atoms with E-state index in [1.54, 1.807) is 0 Å². The molecule has 1 aliphatic rings. The second kappa shape index (κ2) is 3.74. The van der Waals surface area contributed by atoms with Gasteiger partial charge in [0.25, 0.3) is 0 Å². The van der Waals surface area contributed by atoms with Gasteiger partial charge in [-0.05, 0) is 23.4 Å². The molecule has 0 saturated heterocycles. The zero-order chi connectivity index (χ0) is 10.1. The lowest BCUT2D eigenvalue weighted by Crippen LogP contribution is -2.16. The molecule has 13 heavy (non-hydrogen) atoms. The summed E-state index contributed by atoms with van der Waals surface area (Å²) in [6.45, 7) is 0. The Bertz CT molecular complexity index is 265. The van der Waals surface area contributed by atoms with Gasteiger partial charge in [-0.25, -0.2) is 0 Å². The zero-order valence-electron chi connectivity index (χ0n) is 6.91. The SMILES string of the molecule is COC1=C(C(F)(F)F)CCC(Br)=C1. The lowest BCUT2D eigenvalue weighted by Gasteiger charge is -2.18. The molecular weight excluding hydrogens is 249 g/mol. The zero-order valence-corrected chi connectivity index (χ0v) is 8.50. The van der Waals surface area contributed by atoms with E-state index in [9.17, 15) is 13.2 Å². The Balaban J connectivity index is 3.04. The Morgan fingerprint density at radius 3 is 2.46 bits per heavy atom. The van der Waals surface area contributed by atoms with Gasteiger partial charge in [0.2, 0.25) is 0 Å². The van der Waals surface area contributed by atoms with Crippen molar-refractivity contribution in [1.82, 2.24) is 0 Å².